The van der Waals surface area contributed by atoms with E-state index in [1.165, 1.54) is 0 Å². The number of rotatable bonds is 2. The Kier molecular flexibility index (Phi) is 2.70. The van der Waals surface area contributed by atoms with Crippen molar-refractivity contribution >= 4 is 12.6 Å². The fraction of sp³-hybridized carbons (Fsp3) is 0.0769. The van der Waals surface area contributed by atoms with Crippen LogP contribution in [0.4, 0.5) is 0 Å². The normalized spacial score (nSPS) is 13.5. The van der Waals surface area contributed by atoms with E-state index in [1.807, 2.05) is 6.07 Å². The van der Waals surface area contributed by atoms with Gasteiger partial charge in [-0.05, 0) is 35.3 Å². The van der Waals surface area contributed by atoms with Gasteiger partial charge in [-0.15, -0.1) is 0 Å². The Morgan fingerprint density at radius 1 is 1.17 bits per heavy atom. The Balaban J connectivity index is 1.90. The number of hydrogen-bond donors (Lipinski definition) is 2. The molecule has 0 spiro atoms. The van der Waals surface area contributed by atoms with Crippen LogP contribution in [0.15, 0.2) is 42.5 Å². The molecule has 0 atom stereocenters. The lowest BCUT2D eigenvalue weighted by Crippen LogP contribution is -2.27. The van der Waals surface area contributed by atoms with Gasteiger partial charge in [0.25, 0.3) is 0 Å². The van der Waals surface area contributed by atoms with Gasteiger partial charge >= 0.3 is 7.12 Å². The molecule has 0 radical (unpaired) electrons. The maximum atomic E-state index is 9.62. The third-order valence-corrected chi connectivity index (χ3v) is 2.87. The van der Waals surface area contributed by atoms with Gasteiger partial charge in [0.05, 0.1) is 6.61 Å². The summed E-state index contributed by atoms with van der Waals surface area (Å²) in [6, 6.07) is 12.1. The third-order valence-electron chi connectivity index (χ3n) is 2.87. The second-order valence-corrected chi connectivity index (χ2v) is 4.09. The summed E-state index contributed by atoms with van der Waals surface area (Å²) >= 11 is 0. The SMILES string of the molecule is OB1OCc2ccc(Oc3ccccc3O)cc21. The molecule has 1 aliphatic rings. The lowest BCUT2D eigenvalue weighted by atomic mass is 9.79. The molecule has 2 N–H and O–H groups in total. The molecule has 1 heterocycles. The second kappa shape index (κ2) is 4.36. The quantitative estimate of drug-likeness (QED) is 0.781. The van der Waals surface area contributed by atoms with E-state index >= 15 is 0 Å². The summed E-state index contributed by atoms with van der Waals surface area (Å²) in [5.41, 5.74) is 1.66. The molecule has 0 aromatic heterocycles. The minimum atomic E-state index is -0.895. The summed E-state index contributed by atoms with van der Waals surface area (Å²) in [6.45, 7) is 0.410. The minimum Gasteiger partial charge on any atom is -0.504 e. The number of ether oxygens (including phenoxy) is 1. The van der Waals surface area contributed by atoms with E-state index in [0.29, 0.717) is 23.6 Å². The Morgan fingerprint density at radius 3 is 2.83 bits per heavy atom. The van der Waals surface area contributed by atoms with Gasteiger partial charge in [-0.2, -0.15) is 0 Å². The topological polar surface area (TPSA) is 58.9 Å². The maximum Gasteiger partial charge on any atom is 0.491 e. The Bertz CT molecular complexity index is 585. The van der Waals surface area contributed by atoms with E-state index < -0.39 is 7.12 Å². The van der Waals surface area contributed by atoms with Crippen molar-refractivity contribution in [3.63, 3.8) is 0 Å². The standard InChI is InChI=1S/C13H11BO4/c15-12-3-1-2-4-13(12)18-10-6-5-9-8-17-14(16)11(9)7-10/h1-7,15-16H,8H2. The highest BCUT2D eigenvalue weighted by molar-refractivity contribution is 6.61. The number of benzene rings is 2. The largest absolute Gasteiger partial charge is 0.504 e. The molecule has 0 saturated carbocycles. The van der Waals surface area contributed by atoms with E-state index in [1.54, 1.807) is 36.4 Å². The van der Waals surface area contributed by atoms with Crippen LogP contribution in [-0.4, -0.2) is 17.2 Å². The predicted molar refractivity (Wildman–Crippen MR) is 67.0 cm³/mol. The fourth-order valence-corrected chi connectivity index (χ4v) is 1.93. The molecule has 0 bridgehead atoms. The molecular weight excluding hydrogens is 231 g/mol. The van der Waals surface area contributed by atoms with Crippen molar-refractivity contribution in [2.45, 2.75) is 6.61 Å². The number of phenolic OH excluding ortho intramolecular Hbond substituents is 1. The zero-order valence-electron chi connectivity index (χ0n) is 9.54. The highest BCUT2D eigenvalue weighted by Gasteiger charge is 2.27. The molecule has 5 heteroatoms. The molecule has 0 amide bonds. The van der Waals surface area contributed by atoms with Gasteiger partial charge in [0, 0.05) is 0 Å². The van der Waals surface area contributed by atoms with Crippen molar-refractivity contribution in [2.24, 2.45) is 0 Å². The van der Waals surface area contributed by atoms with Gasteiger partial charge in [0.1, 0.15) is 5.75 Å². The van der Waals surface area contributed by atoms with Gasteiger partial charge in [0.2, 0.25) is 0 Å². The number of fused-ring (bicyclic) bond motifs is 1. The molecule has 4 nitrogen and oxygen atoms in total. The lowest BCUT2D eigenvalue weighted by Gasteiger charge is -2.08. The second-order valence-electron chi connectivity index (χ2n) is 4.09. The van der Waals surface area contributed by atoms with Crippen LogP contribution in [0.2, 0.25) is 0 Å². The highest BCUT2D eigenvalue weighted by atomic mass is 16.5. The maximum absolute atomic E-state index is 9.62. The van der Waals surface area contributed by atoms with Gasteiger partial charge in [-0.25, -0.2) is 0 Å². The van der Waals surface area contributed by atoms with Crippen molar-refractivity contribution in [1.29, 1.82) is 0 Å². The zero-order valence-corrected chi connectivity index (χ0v) is 9.54. The van der Waals surface area contributed by atoms with Crippen molar-refractivity contribution < 1.29 is 19.5 Å². The van der Waals surface area contributed by atoms with Crippen LogP contribution in [0.5, 0.6) is 17.2 Å². The van der Waals surface area contributed by atoms with Gasteiger partial charge in [-0.3, -0.25) is 0 Å². The van der Waals surface area contributed by atoms with Crippen LogP contribution < -0.4 is 10.2 Å². The van der Waals surface area contributed by atoms with Crippen LogP contribution >= 0.6 is 0 Å². The summed E-state index contributed by atoms with van der Waals surface area (Å²) < 4.78 is 10.7. The molecule has 2 aromatic carbocycles. The van der Waals surface area contributed by atoms with Gasteiger partial charge in [0.15, 0.2) is 11.5 Å². The molecule has 1 aliphatic heterocycles. The van der Waals surface area contributed by atoms with Crippen LogP contribution in [0.3, 0.4) is 0 Å². The van der Waals surface area contributed by atoms with E-state index in [4.69, 9.17) is 9.39 Å². The molecule has 2 aromatic rings. The Hall–Kier alpha value is -1.98. The average molecular weight is 242 g/mol. The molecule has 90 valence electrons. The molecule has 18 heavy (non-hydrogen) atoms. The van der Waals surface area contributed by atoms with Crippen LogP contribution in [0, 0.1) is 0 Å². The van der Waals surface area contributed by atoms with E-state index in [-0.39, 0.29) is 5.75 Å². The Labute approximate surface area is 105 Å². The number of phenols is 1. The molecule has 0 fully saturated rings. The van der Waals surface area contributed by atoms with Crippen molar-refractivity contribution in [1.82, 2.24) is 0 Å². The fourth-order valence-electron chi connectivity index (χ4n) is 1.93. The van der Waals surface area contributed by atoms with Crippen molar-refractivity contribution in [2.75, 3.05) is 0 Å². The first-order chi connectivity index (χ1) is 8.74. The van der Waals surface area contributed by atoms with Crippen molar-refractivity contribution in [3.05, 3.63) is 48.0 Å². The molecule has 0 unspecified atom stereocenters. The summed E-state index contributed by atoms with van der Waals surface area (Å²) in [7, 11) is -0.895. The average Bonchev–Trinajstić information content (AvgIpc) is 2.74. The highest BCUT2D eigenvalue weighted by Crippen LogP contribution is 2.30. The first kappa shape index (κ1) is 11.1. The van der Waals surface area contributed by atoms with Gasteiger partial charge in [-0.1, -0.05) is 18.2 Å². The van der Waals surface area contributed by atoms with Crippen LogP contribution in [0.1, 0.15) is 5.56 Å². The summed E-state index contributed by atoms with van der Waals surface area (Å²) in [5, 5.41) is 19.2. The van der Waals surface area contributed by atoms with E-state index in [2.05, 4.69) is 0 Å². The molecule has 0 aliphatic carbocycles. The first-order valence-electron chi connectivity index (χ1n) is 5.62. The van der Waals surface area contributed by atoms with Gasteiger partial charge < -0.3 is 19.5 Å². The zero-order chi connectivity index (χ0) is 12.5. The molecule has 0 saturated heterocycles. The van der Waals surface area contributed by atoms with E-state index in [0.717, 1.165) is 5.56 Å². The third kappa shape index (κ3) is 1.94. The smallest absolute Gasteiger partial charge is 0.491 e. The lowest BCUT2D eigenvalue weighted by molar-refractivity contribution is 0.275. The summed E-state index contributed by atoms with van der Waals surface area (Å²) in [4.78, 5) is 0. The molecular formula is C13H11BO4. The summed E-state index contributed by atoms with van der Waals surface area (Å²) in [5.74, 6) is 1.01. The first-order valence-corrected chi connectivity index (χ1v) is 5.62. The number of aromatic hydroxyl groups is 1. The monoisotopic (exact) mass is 242 g/mol. The van der Waals surface area contributed by atoms with E-state index in [9.17, 15) is 10.1 Å². The minimum absolute atomic E-state index is 0.0785. The summed E-state index contributed by atoms with van der Waals surface area (Å²) in [6.07, 6.45) is 0. The predicted octanol–water partition coefficient (Wildman–Crippen LogP) is 1.40. The molecule has 3 rings (SSSR count). The van der Waals surface area contributed by atoms with Crippen molar-refractivity contribution in [3.8, 4) is 17.2 Å². The number of para-hydroxylation sites is 2. The Morgan fingerprint density at radius 2 is 2.00 bits per heavy atom. The van der Waals surface area contributed by atoms with Crippen LogP contribution in [0.25, 0.3) is 0 Å². The number of hydrogen-bond acceptors (Lipinski definition) is 4. The van der Waals surface area contributed by atoms with Crippen LogP contribution in [-0.2, 0) is 11.3 Å².